The molecule has 0 fully saturated rings. The molecule has 5 rings (SSSR count). The molecule has 0 saturated carbocycles. The van der Waals surface area contributed by atoms with E-state index < -0.39 is 10.0 Å². The van der Waals surface area contributed by atoms with E-state index in [0.717, 1.165) is 47.4 Å². The summed E-state index contributed by atoms with van der Waals surface area (Å²) in [5.41, 5.74) is 5.44. The Labute approximate surface area is 241 Å². The Morgan fingerprint density at radius 3 is 2.40 bits per heavy atom. The van der Waals surface area contributed by atoms with Crippen molar-refractivity contribution in [3.63, 3.8) is 0 Å². The second-order valence-electron chi connectivity index (χ2n) is 10.2. The molecule has 1 aromatic heterocycles. The zero-order valence-corrected chi connectivity index (χ0v) is 25.2. The minimum Gasteiger partial charge on any atom is -0.302 e. The fourth-order valence-electron chi connectivity index (χ4n) is 5.15. The van der Waals surface area contributed by atoms with Gasteiger partial charge in [0.15, 0.2) is 5.13 Å². The molecule has 1 aliphatic rings. The molecular weight excluding hydrogens is 541 g/mol. The Kier molecular flexibility index (Phi) is 8.26. The number of thiazole rings is 1. The number of para-hydroxylation sites is 1. The molecule has 210 valence electrons. The Morgan fingerprint density at radius 2 is 1.68 bits per heavy atom. The van der Waals surface area contributed by atoms with Crippen LogP contribution in [0.3, 0.4) is 0 Å². The average molecular weight is 577 g/mol. The van der Waals surface area contributed by atoms with Crippen LogP contribution in [0.15, 0.2) is 65.6 Å². The molecule has 1 aliphatic heterocycles. The van der Waals surface area contributed by atoms with Crippen LogP contribution >= 0.6 is 11.3 Å². The van der Waals surface area contributed by atoms with Gasteiger partial charge < -0.3 is 4.90 Å². The molecule has 2 heterocycles. The first kappa shape index (κ1) is 28.3. The average Bonchev–Trinajstić information content (AvgIpc) is 3.37. The van der Waals surface area contributed by atoms with E-state index in [9.17, 15) is 13.2 Å². The maximum Gasteiger partial charge on any atom is 0.264 e. The molecule has 0 spiro atoms. The van der Waals surface area contributed by atoms with Crippen LogP contribution < -0.4 is 9.21 Å². The highest BCUT2D eigenvalue weighted by Gasteiger charge is 2.29. The monoisotopic (exact) mass is 576 g/mol. The summed E-state index contributed by atoms with van der Waals surface area (Å²) in [6.45, 7) is 11.8. The fraction of sp³-hybridized carbons (Fsp3) is 0.355. The van der Waals surface area contributed by atoms with Crippen LogP contribution in [0, 0.1) is 13.8 Å². The van der Waals surface area contributed by atoms with Crippen molar-refractivity contribution < 1.29 is 13.2 Å². The lowest BCUT2D eigenvalue weighted by atomic mass is 10.0. The van der Waals surface area contributed by atoms with Crippen LogP contribution in [0.25, 0.3) is 10.2 Å². The van der Waals surface area contributed by atoms with E-state index in [1.54, 1.807) is 29.2 Å². The van der Waals surface area contributed by atoms with Gasteiger partial charge in [0.05, 0.1) is 20.8 Å². The molecular formula is C31H36N4O3S2. The van der Waals surface area contributed by atoms with Crippen LogP contribution in [0.2, 0.25) is 0 Å². The number of likely N-dealkylation sites (N-methyl/N-ethyl adjacent to an activating group) is 1. The third-order valence-corrected chi connectivity index (χ3v) is 10.6. The van der Waals surface area contributed by atoms with Gasteiger partial charge in [-0.15, -0.1) is 0 Å². The van der Waals surface area contributed by atoms with Gasteiger partial charge in [-0.25, -0.2) is 13.4 Å². The standard InChI is InChI=1S/C31H36N4O3S2/c1-5-33(6-2)18-19-34(31-32-27-20-22(3)23(4)21-29(27)39-31)30(36)25-13-15-26(16-14-25)40(37,38)35-17-9-11-24-10-7-8-12-28(24)35/h7-8,10,12-16,20-21H,5-6,9,11,17-19H2,1-4H3. The van der Waals surface area contributed by atoms with E-state index in [2.05, 4.69) is 44.7 Å². The van der Waals surface area contributed by atoms with E-state index in [1.165, 1.54) is 26.8 Å². The molecule has 0 atom stereocenters. The number of aryl methyl sites for hydroxylation is 3. The number of anilines is 2. The van der Waals surface area contributed by atoms with E-state index in [4.69, 9.17) is 4.98 Å². The van der Waals surface area contributed by atoms with Gasteiger partial charge in [0, 0.05) is 25.2 Å². The van der Waals surface area contributed by atoms with Crippen molar-refractivity contribution in [2.45, 2.75) is 45.4 Å². The molecule has 0 saturated heterocycles. The molecule has 0 N–H and O–H groups in total. The number of carbonyl (C=O) groups excluding carboxylic acids is 1. The van der Waals surface area contributed by atoms with Crippen molar-refractivity contribution in [1.29, 1.82) is 0 Å². The van der Waals surface area contributed by atoms with Crippen LogP contribution in [-0.2, 0) is 16.4 Å². The van der Waals surface area contributed by atoms with Crippen LogP contribution in [-0.4, -0.2) is 56.9 Å². The first-order chi connectivity index (χ1) is 19.2. The van der Waals surface area contributed by atoms with Gasteiger partial charge in [0.2, 0.25) is 0 Å². The van der Waals surface area contributed by atoms with Crippen LogP contribution in [0.1, 0.15) is 47.3 Å². The number of nitrogens with zero attached hydrogens (tertiary/aromatic N) is 4. The van der Waals surface area contributed by atoms with Crippen molar-refractivity contribution >= 4 is 48.3 Å². The zero-order valence-electron chi connectivity index (χ0n) is 23.6. The van der Waals surface area contributed by atoms with Crippen molar-refractivity contribution in [2.24, 2.45) is 0 Å². The normalized spacial score (nSPS) is 13.6. The third kappa shape index (κ3) is 5.50. The molecule has 0 radical (unpaired) electrons. The lowest BCUT2D eigenvalue weighted by molar-refractivity contribution is 0.0983. The number of carbonyl (C=O) groups is 1. The lowest BCUT2D eigenvalue weighted by Crippen LogP contribution is -2.39. The Morgan fingerprint density at radius 1 is 0.975 bits per heavy atom. The summed E-state index contributed by atoms with van der Waals surface area (Å²) in [7, 11) is -3.75. The summed E-state index contributed by atoms with van der Waals surface area (Å²) in [4.78, 5) is 22.9. The first-order valence-electron chi connectivity index (χ1n) is 13.9. The largest absolute Gasteiger partial charge is 0.302 e. The highest BCUT2D eigenvalue weighted by Crippen LogP contribution is 2.33. The quantitative estimate of drug-likeness (QED) is 0.243. The molecule has 9 heteroatoms. The van der Waals surface area contributed by atoms with E-state index in [1.807, 2.05) is 24.3 Å². The summed E-state index contributed by atoms with van der Waals surface area (Å²) in [6, 6.07) is 18.2. The van der Waals surface area contributed by atoms with Gasteiger partial charge in [-0.1, -0.05) is 43.4 Å². The second kappa shape index (κ2) is 11.7. The van der Waals surface area contributed by atoms with E-state index in [-0.39, 0.29) is 10.8 Å². The summed E-state index contributed by atoms with van der Waals surface area (Å²) in [5, 5.41) is 0.652. The summed E-state index contributed by atoms with van der Waals surface area (Å²) < 4.78 is 29.7. The zero-order chi connectivity index (χ0) is 28.4. The lowest BCUT2D eigenvalue weighted by Gasteiger charge is -2.30. The molecule has 7 nitrogen and oxygen atoms in total. The highest BCUT2D eigenvalue weighted by molar-refractivity contribution is 7.92. The topological polar surface area (TPSA) is 73.8 Å². The Bertz CT molecular complexity index is 1590. The predicted molar refractivity (Wildman–Crippen MR) is 164 cm³/mol. The first-order valence-corrected chi connectivity index (χ1v) is 16.1. The van der Waals surface area contributed by atoms with Gasteiger partial charge in [0.25, 0.3) is 15.9 Å². The molecule has 0 aliphatic carbocycles. The van der Waals surface area contributed by atoms with Gasteiger partial charge >= 0.3 is 0 Å². The highest BCUT2D eigenvalue weighted by atomic mass is 32.2. The maximum absolute atomic E-state index is 13.9. The van der Waals surface area contributed by atoms with E-state index >= 15 is 0 Å². The number of sulfonamides is 1. The number of amides is 1. The number of hydrogen-bond donors (Lipinski definition) is 0. The third-order valence-electron chi connectivity index (χ3n) is 7.76. The molecule has 4 aromatic rings. The minimum atomic E-state index is -3.75. The van der Waals surface area contributed by atoms with Gasteiger partial charge in [-0.2, -0.15) is 0 Å². The number of fused-ring (bicyclic) bond motifs is 2. The summed E-state index contributed by atoms with van der Waals surface area (Å²) >= 11 is 1.51. The Hall–Kier alpha value is -3.27. The number of benzene rings is 3. The summed E-state index contributed by atoms with van der Waals surface area (Å²) in [5.74, 6) is -0.188. The van der Waals surface area contributed by atoms with Crippen molar-refractivity contribution in [3.05, 3.63) is 82.9 Å². The van der Waals surface area contributed by atoms with Gasteiger partial charge in [0.1, 0.15) is 0 Å². The minimum absolute atomic E-state index is 0.182. The molecule has 1 amide bonds. The number of hydrogen-bond acceptors (Lipinski definition) is 6. The molecule has 40 heavy (non-hydrogen) atoms. The number of rotatable bonds is 9. The van der Waals surface area contributed by atoms with Gasteiger partial charge in [-0.05, 0) is 98.9 Å². The SMILES string of the molecule is CCN(CC)CCN(C(=O)c1ccc(S(=O)(=O)N2CCCc3ccccc32)cc1)c1nc2cc(C)c(C)cc2s1. The Balaban J connectivity index is 1.45. The fourth-order valence-corrected chi connectivity index (χ4v) is 7.76. The molecule has 0 bridgehead atoms. The molecule has 3 aromatic carbocycles. The van der Waals surface area contributed by atoms with Gasteiger partial charge in [-0.3, -0.25) is 14.0 Å². The van der Waals surface area contributed by atoms with Crippen molar-refractivity contribution in [1.82, 2.24) is 9.88 Å². The smallest absolute Gasteiger partial charge is 0.264 e. The number of aromatic nitrogens is 1. The van der Waals surface area contributed by atoms with Crippen molar-refractivity contribution in [2.75, 3.05) is 41.9 Å². The van der Waals surface area contributed by atoms with E-state index in [0.29, 0.717) is 30.3 Å². The summed E-state index contributed by atoms with van der Waals surface area (Å²) in [6.07, 6.45) is 1.64. The predicted octanol–water partition coefficient (Wildman–Crippen LogP) is 6.04. The van der Waals surface area contributed by atoms with Crippen molar-refractivity contribution in [3.8, 4) is 0 Å². The van der Waals surface area contributed by atoms with Crippen LogP contribution in [0.4, 0.5) is 10.8 Å². The van der Waals surface area contributed by atoms with Crippen LogP contribution in [0.5, 0.6) is 0 Å². The second-order valence-corrected chi connectivity index (χ2v) is 13.1. The molecule has 0 unspecified atom stereocenters. The maximum atomic E-state index is 13.9.